The molecule has 5 heteroatoms. The molecule has 0 amide bonds. The lowest BCUT2D eigenvalue weighted by molar-refractivity contribution is 0.0466. The molecule has 0 aliphatic rings. The molecule has 0 saturated heterocycles. The van der Waals surface area contributed by atoms with Crippen molar-refractivity contribution in [1.82, 2.24) is 4.98 Å². The van der Waals surface area contributed by atoms with Crippen LogP contribution in [-0.2, 0) is 18.0 Å². The Balaban J connectivity index is 1.84. The van der Waals surface area contributed by atoms with Crippen LogP contribution in [0.3, 0.4) is 0 Å². The lowest BCUT2D eigenvalue weighted by atomic mass is 10.1. The highest BCUT2D eigenvalue weighted by Gasteiger charge is 2.22. The van der Waals surface area contributed by atoms with Gasteiger partial charge in [0, 0.05) is 6.20 Å². The van der Waals surface area contributed by atoms with Crippen molar-refractivity contribution in [3.05, 3.63) is 94.8 Å². The number of nitrogens with zero attached hydrogens (tertiary/aromatic N) is 2. The van der Waals surface area contributed by atoms with Gasteiger partial charge in [-0.2, -0.15) is 5.26 Å². The third-order valence-electron chi connectivity index (χ3n) is 3.98. The van der Waals surface area contributed by atoms with Crippen LogP contribution >= 0.6 is 0 Å². The van der Waals surface area contributed by atoms with Crippen LogP contribution in [0.25, 0.3) is 0 Å². The van der Waals surface area contributed by atoms with Crippen molar-refractivity contribution in [3.8, 4) is 11.8 Å². The van der Waals surface area contributed by atoms with Gasteiger partial charge in [-0.1, -0.05) is 60.7 Å². The third-order valence-corrected chi connectivity index (χ3v) is 3.98. The summed E-state index contributed by atoms with van der Waals surface area (Å²) in [4.78, 5) is 16.9. The van der Waals surface area contributed by atoms with Crippen LogP contribution in [-0.4, -0.2) is 11.0 Å². The van der Waals surface area contributed by atoms with Crippen LogP contribution in [0.1, 0.15) is 32.7 Å². The lowest BCUT2D eigenvalue weighted by Gasteiger charge is -2.14. The van der Waals surface area contributed by atoms with Gasteiger partial charge in [-0.15, -0.1) is 0 Å². The number of nitriles is 1. The van der Waals surface area contributed by atoms with E-state index in [0.717, 1.165) is 11.1 Å². The number of pyridine rings is 1. The highest BCUT2D eigenvalue weighted by atomic mass is 16.5. The van der Waals surface area contributed by atoms with Gasteiger partial charge in [-0.25, -0.2) is 4.79 Å². The zero-order valence-corrected chi connectivity index (χ0v) is 14.9. The number of carbonyl (C=O) groups is 1. The first-order valence-electron chi connectivity index (χ1n) is 8.46. The van der Waals surface area contributed by atoms with E-state index in [4.69, 9.17) is 9.47 Å². The second-order valence-electron chi connectivity index (χ2n) is 5.91. The molecule has 3 aromatic rings. The first-order chi connectivity index (χ1) is 13.2. The van der Waals surface area contributed by atoms with Crippen LogP contribution in [0.4, 0.5) is 0 Å². The molecule has 1 aromatic heterocycles. The number of esters is 1. The third kappa shape index (κ3) is 4.50. The van der Waals surface area contributed by atoms with Crippen molar-refractivity contribution in [1.29, 1.82) is 5.26 Å². The van der Waals surface area contributed by atoms with Gasteiger partial charge in [0.05, 0.1) is 11.3 Å². The highest BCUT2D eigenvalue weighted by molar-refractivity contribution is 5.95. The van der Waals surface area contributed by atoms with E-state index in [0.29, 0.717) is 5.69 Å². The molecule has 2 aromatic carbocycles. The van der Waals surface area contributed by atoms with Crippen molar-refractivity contribution < 1.29 is 14.3 Å². The largest absolute Gasteiger partial charge is 0.486 e. The summed E-state index contributed by atoms with van der Waals surface area (Å²) in [7, 11) is 0. The van der Waals surface area contributed by atoms with Gasteiger partial charge in [0.15, 0.2) is 5.75 Å². The number of rotatable bonds is 6. The maximum Gasteiger partial charge on any atom is 0.343 e. The molecular weight excluding hydrogens is 340 g/mol. The number of carbonyl (C=O) groups excluding carboxylic acids is 1. The molecule has 0 spiro atoms. The standard InChI is InChI=1S/C22H18N2O3/c1-16-21(26-14-17-8-4-2-5-9-17)20(19(12-23)13-24-16)22(25)27-15-18-10-6-3-7-11-18/h2-11,13H,14-15H2,1H3. The SMILES string of the molecule is Cc1ncc(C#N)c(C(=O)OCc2ccccc2)c1OCc1ccccc1. The highest BCUT2D eigenvalue weighted by Crippen LogP contribution is 2.27. The van der Waals surface area contributed by atoms with E-state index >= 15 is 0 Å². The smallest absolute Gasteiger partial charge is 0.343 e. The second kappa shape index (κ2) is 8.63. The first kappa shape index (κ1) is 18.2. The molecule has 0 unspecified atom stereocenters. The van der Waals surface area contributed by atoms with Gasteiger partial charge in [-0.3, -0.25) is 4.98 Å². The fourth-order valence-corrected chi connectivity index (χ4v) is 2.58. The maximum atomic E-state index is 12.7. The zero-order chi connectivity index (χ0) is 19.1. The monoisotopic (exact) mass is 358 g/mol. The fourth-order valence-electron chi connectivity index (χ4n) is 2.58. The van der Waals surface area contributed by atoms with Gasteiger partial charge in [0.2, 0.25) is 0 Å². The summed E-state index contributed by atoms with van der Waals surface area (Å²) < 4.78 is 11.3. The summed E-state index contributed by atoms with van der Waals surface area (Å²) in [5, 5.41) is 9.40. The number of aryl methyl sites for hydroxylation is 1. The number of benzene rings is 2. The Labute approximate surface area is 157 Å². The summed E-state index contributed by atoms with van der Waals surface area (Å²) in [6.07, 6.45) is 1.36. The number of hydrogen-bond donors (Lipinski definition) is 0. The molecule has 0 aliphatic carbocycles. The molecule has 0 radical (unpaired) electrons. The van der Waals surface area contributed by atoms with Crippen molar-refractivity contribution >= 4 is 5.97 Å². The van der Waals surface area contributed by atoms with Gasteiger partial charge in [-0.05, 0) is 18.1 Å². The van der Waals surface area contributed by atoms with Crippen LogP contribution in [0.15, 0.2) is 66.9 Å². The Morgan fingerprint density at radius 2 is 1.59 bits per heavy atom. The van der Waals surface area contributed by atoms with E-state index in [9.17, 15) is 10.1 Å². The molecule has 3 rings (SSSR count). The van der Waals surface area contributed by atoms with Gasteiger partial charge >= 0.3 is 5.97 Å². The average Bonchev–Trinajstić information content (AvgIpc) is 2.72. The summed E-state index contributed by atoms with van der Waals surface area (Å²) in [5.41, 5.74) is 2.57. The van der Waals surface area contributed by atoms with Crippen LogP contribution < -0.4 is 4.74 Å². The topological polar surface area (TPSA) is 72.2 Å². The molecule has 0 atom stereocenters. The summed E-state index contributed by atoms with van der Waals surface area (Å²) >= 11 is 0. The molecular formula is C22H18N2O3. The molecule has 1 heterocycles. The van der Waals surface area contributed by atoms with E-state index in [1.54, 1.807) is 6.92 Å². The van der Waals surface area contributed by atoms with E-state index in [-0.39, 0.29) is 30.1 Å². The molecule has 0 saturated carbocycles. The molecule has 134 valence electrons. The normalized spacial score (nSPS) is 10.1. The minimum Gasteiger partial charge on any atom is -0.486 e. The summed E-state index contributed by atoms with van der Waals surface area (Å²) in [6.45, 7) is 2.11. The molecule has 0 aliphatic heterocycles. The van der Waals surface area contributed by atoms with E-state index in [2.05, 4.69) is 4.98 Å². The van der Waals surface area contributed by atoms with Crippen LogP contribution in [0.2, 0.25) is 0 Å². The number of aromatic nitrogens is 1. The molecule has 5 nitrogen and oxygen atoms in total. The van der Waals surface area contributed by atoms with Crippen molar-refractivity contribution in [2.75, 3.05) is 0 Å². The van der Waals surface area contributed by atoms with Crippen LogP contribution in [0, 0.1) is 18.3 Å². The predicted octanol–water partition coefficient (Wildman–Crippen LogP) is 4.20. The Hall–Kier alpha value is -3.65. The Morgan fingerprint density at radius 3 is 2.19 bits per heavy atom. The van der Waals surface area contributed by atoms with Crippen LogP contribution in [0.5, 0.6) is 5.75 Å². The van der Waals surface area contributed by atoms with E-state index in [1.165, 1.54) is 6.20 Å². The minimum atomic E-state index is -0.607. The first-order valence-corrected chi connectivity index (χ1v) is 8.46. The Morgan fingerprint density at radius 1 is 1.00 bits per heavy atom. The quantitative estimate of drug-likeness (QED) is 0.618. The minimum absolute atomic E-state index is 0.108. The Kier molecular flexibility index (Phi) is 5.80. The summed E-state index contributed by atoms with van der Waals surface area (Å²) in [5.74, 6) is -0.333. The fraction of sp³-hybridized carbons (Fsp3) is 0.136. The Bertz CT molecular complexity index is 964. The maximum absolute atomic E-state index is 12.7. The number of ether oxygens (including phenoxy) is 2. The van der Waals surface area contributed by atoms with Crippen molar-refractivity contribution in [3.63, 3.8) is 0 Å². The predicted molar refractivity (Wildman–Crippen MR) is 100 cm³/mol. The molecule has 27 heavy (non-hydrogen) atoms. The molecule has 0 fully saturated rings. The van der Waals surface area contributed by atoms with Gasteiger partial charge < -0.3 is 9.47 Å². The second-order valence-corrected chi connectivity index (χ2v) is 5.91. The van der Waals surface area contributed by atoms with E-state index in [1.807, 2.05) is 66.7 Å². The van der Waals surface area contributed by atoms with Gasteiger partial charge in [0.25, 0.3) is 0 Å². The van der Waals surface area contributed by atoms with Gasteiger partial charge in [0.1, 0.15) is 24.8 Å². The lowest BCUT2D eigenvalue weighted by Crippen LogP contribution is -2.12. The molecule has 0 bridgehead atoms. The summed E-state index contributed by atoms with van der Waals surface area (Å²) in [6, 6.07) is 20.9. The average molecular weight is 358 g/mol. The molecule has 0 N–H and O–H groups in total. The van der Waals surface area contributed by atoms with E-state index < -0.39 is 5.97 Å². The van der Waals surface area contributed by atoms with Crippen molar-refractivity contribution in [2.45, 2.75) is 20.1 Å². The number of hydrogen-bond acceptors (Lipinski definition) is 5. The van der Waals surface area contributed by atoms with Crippen molar-refractivity contribution in [2.24, 2.45) is 0 Å². The zero-order valence-electron chi connectivity index (χ0n) is 14.9.